The summed E-state index contributed by atoms with van der Waals surface area (Å²) in [4.78, 5) is 4.21. The number of pyridine rings is 1. The van der Waals surface area contributed by atoms with E-state index in [1.807, 2.05) is 48.7 Å². The Morgan fingerprint density at radius 1 is 1.00 bits per heavy atom. The molecular weight excluding hydrogens is 248 g/mol. The maximum Gasteiger partial charge on any atom is 0.123 e. The lowest BCUT2D eigenvalue weighted by Crippen LogP contribution is -2.13. The van der Waals surface area contributed by atoms with Gasteiger partial charge in [-0.05, 0) is 23.1 Å². The van der Waals surface area contributed by atoms with E-state index in [4.69, 9.17) is 10.5 Å². The molecule has 1 unspecified atom stereocenters. The molecule has 3 rings (SSSR count). The molecular formula is C17H16N2O. The molecule has 1 aromatic heterocycles. The maximum atomic E-state index is 6.45. The zero-order chi connectivity index (χ0) is 13.9. The van der Waals surface area contributed by atoms with E-state index in [9.17, 15) is 0 Å². The van der Waals surface area contributed by atoms with E-state index in [1.54, 1.807) is 13.3 Å². The van der Waals surface area contributed by atoms with Crippen molar-refractivity contribution >= 4 is 10.8 Å². The number of rotatable bonds is 3. The van der Waals surface area contributed by atoms with Crippen molar-refractivity contribution in [1.29, 1.82) is 0 Å². The highest BCUT2D eigenvalue weighted by Crippen LogP contribution is 2.31. The minimum atomic E-state index is -0.237. The Bertz CT molecular complexity index is 734. The van der Waals surface area contributed by atoms with E-state index < -0.39 is 0 Å². The molecule has 0 aliphatic heterocycles. The molecule has 3 heteroatoms. The van der Waals surface area contributed by atoms with Crippen molar-refractivity contribution in [3.05, 3.63) is 72.1 Å². The van der Waals surface area contributed by atoms with Gasteiger partial charge in [0.25, 0.3) is 0 Å². The second-order valence-corrected chi connectivity index (χ2v) is 4.66. The molecule has 3 aromatic rings. The van der Waals surface area contributed by atoms with Gasteiger partial charge in [-0.3, -0.25) is 4.98 Å². The number of methoxy groups -OCH3 is 1. The van der Waals surface area contributed by atoms with Crippen molar-refractivity contribution in [1.82, 2.24) is 4.98 Å². The van der Waals surface area contributed by atoms with Gasteiger partial charge >= 0.3 is 0 Å². The van der Waals surface area contributed by atoms with Gasteiger partial charge in [-0.2, -0.15) is 0 Å². The van der Waals surface area contributed by atoms with Crippen molar-refractivity contribution in [2.45, 2.75) is 6.04 Å². The van der Waals surface area contributed by atoms with Gasteiger partial charge in [-0.1, -0.05) is 36.4 Å². The molecule has 100 valence electrons. The Balaban J connectivity index is 2.15. The van der Waals surface area contributed by atoms with Crippen molar-refractivity contribution in [3.63, 3.8) is 0 Å². The van der Waals surface area contributed by atoms with Crippen LogP contribution in [-0.2, 0) is 0 Å². The number of hydrogen-bond acceptors (Lipinski definition) is 3. The van der Waals surface area contributed by atoms with E-state index in [0.717, 1.165) is 27.6 Å². The molecule has 1 heterocycles. The Kier molecular flexibility index (Phi) is 3.35. The molecule has 0 fully saturated rings. The second-order valence-electron chi connectivity index (χ2n) is 4.66. The number of nitrogens with zero attached hydrogens (tertiary/aromatic N) is 1. The van der Waals surface area contributed by atoms with Crippen LogP contribution in [0.3, 0.4) is 0 Å². The zero-order valence-corrected chi connectivity index (χ0v) is 11.3. The summed E-state index contributed by atoms with van der Waals surface area (Å²) in [7, 11) is 1.66. The second kappa shape index (κ2) is 5.31. The van der Waals surface area contributed by atoms with Crippen LogP contribution in [0.2, 0.25) is 0 Å². The molecule has 0 amide bonds. The summed E-state index contributed by atoms with van der Waals surface area (Å²) < 4.78 is 5.40. The number of para-hydroxylation sites is 1. The van der Waals surface area contributed by atoms with E-state index in [-0.39, 0.29) is 6.04 Å². The van der Waals surface area contributed by atoms with Crippen LogP contribution in [-0.4, -0.2) is 12.1 Å². The normalized spacial score (nSPS) is 12.3. The minimum Gasteiger partial charge on any atom is -0.496 e. The summed E-state index contributed by atoms with van der Waals surface area (Å²) in [6, 6.07) is 15.7. The van der Waals surface area contributed by atoms with E-state index in [0.29, 0.717) is 0 Å². The number of benzene rings is 2. The number of fused-ring (bicyclic) bond motifs is 1. The van der Waals surface area contributed by atoms with E-state index >= 15 is 0 Å². The Hall–Kier alpha value is -2.39. The van der Waals surface area contributed by atoms with Gasteiger partial charge < -0.3 is 10.5 Å². The van der Waals surface area contributed by atoms with Crippen LogP contribution in [0.1, 0.15) is 17.2 Å². The molecule has 0 radical (unpaired) electrons. The first-order chi connectivity index (χ1) is 9.81. The van der Waals surface area contributed by atoms with Crippen molar-refractivity contribution in [2.75, 3.05) is 7.11 Å². The highest BCUT2D eigenvalue weighted by atomic mass is 16.5. The lowest BCUT2D eigenvalue weighted by molar-refractivity contribution is 0.408. The van der Waals surface area contributed by atoms with Gasteiger partial charge in [0, 0.05) is 23.3 Å². The van der Waals surface area contributed by atoms with Crippen LogP contribution < -0.4 is 10.5 Å². The number of hydrogen-bond donors (Lipinski definition) is 1. The molecule has 0 bridgehead atoms. The predicted octanol–water partition coefficient (Wildman–Crippen LogP) is 3.29. The zero-order valence-electron chi connectivity index (χ0n) is 11.3. The third-order valence-corrected chi connectivity index (χ3v) is 3.53. The fraction of sp³-hybridized carbons (Fsp3) is 0.118. The van der Waals surface area contributed by atoms with Gasteiger partial charge in [0.1, 0.15) is 5.75 Å². The monoisotopic (exact) mass is 264 g/mol. The standard InChI is InChI=1S/C17H16N2O/c1-20-16-8-3-2-6-14(16)17(18)13-7-4-5-12-9-10-19-11-15(12)13/h2-11,17H,18H2,1H3. The van der Waals surface area contributed by atoms with Crippen LogP contribution >= 0.6 is 0 Å². The highest BCUT2D eigenvalue weighted by molar-refractivity contribution is 5.85. The topological polar surface area (TPSA) is 48.1 Å². The molecule has 1 atom stereocenters. The van der Waals surface area contributed by atoms with Gasteiger partial charge in [-0.25, -0.2) is 0 Å². The summed E-state index contributed by atoms with van der Waals surface area (Å²) in [5.41, 5.74) is 8.48. The average molecular weight is 264 g/mol. The smallest absolute Gasteiger partial charge is 0.123 e. The van der Waals surface area contributed by atoms with Crippen LogP contribution in [0.25, 0.3) is 10.8 Å². The van der Waals surface area contributed by atoms with Gasteiger partial charge in [-0.15, -0.1) is 0 Å². The molecule has 0 saturated heterocycles. The summed E-state index contributed by atoms with van der Waals surface area (Å²) in [6.07, 6.45) is 3.65. The average Bonchev–Trinajstić information content (AvgIpc) is 2.53. The third-order valence-electron chi connectivity index (χ3n) is 3.53. The highest BCUT2D eigenvalue weighted by Gasteiger charge is 2.15. The first-order valence-electron chi connectivity index (χ1n) is 6.52. The summed E-state index contributed by atoms with van der Waals surface area (Å²) >= 11 is 0. The quantitative estimate of drug-likeness (QED) is 0.789. The lowest BCUT2D eigenvalue weighted by Gasteiger charge is -2.17. The van der Waals surface area contributed by atoms with Crippen LogP contribution in [0.15, 0.2) is 60.9 Å². The number of ether oxygens (including phenoxy) is 1. The lowest BCUT2D eigenvalue weighted by atomic mass is 9.95. The fourth-order valence-corrected chi connectivity index (χ4v) is 2.50. The molecule has 3 nitrogen and oxygen atoms in total. The van der Waals surface area contributed by atoms with Crippen LogP contribution in [0.5, 0.6) is 5.75 Å². The van der Waals surface area contributed by atoms with E-state index in [2.05, 4.69) is 11.1 Å². The van der Waals surface area contributed by atoms with Gasteiger partial charge in [0.15, 0.2) is 0 Å². The van der Waals surface area contributed by atoms with Gasteiger partial charge in [0.05, 0.1) is 13.2 Å². The Morgan fingerprint density at radius 3 is 2.65 bits per heavy atom. The fourth-order valence-electron chi connectivity index (χ4n) is 2.50. The van der Waals surface area contributed by atoms with Crippen molar-refractivity contribution < 1.29 is 4.74 Å². The third kappa shape index (κ3) is 2.12. The first kappa shape index (κ1) is 12.6. The van der Waals surface area contributed by atoms with Crippen molar-refractivity contribution in [3.8, 4) is 5.75 Å². The maximum absolute atomic E-state index is 6.45. The molecule has 2 N–H and O–H groups in total. The van der Waals surface area contributed by atoms with Crippen molar-refractivity contribution in [2.24, 2.45) is 5.73 Å². The minimum absolute atomic E-state index is 0.237. The molecule has 0 spiro atoms. The van der Waals surface area contributed by atoms with Crippen LogP contribution in [0, 0.1) is 0 Å². The molecule has 2 aromatic carbocycles. The Labute approximate surface area is 118 Å². The summed E-state index contributed by atoms with van der Waals surface area (Å²) in [6.45, 7) is 0. The number of aromatic nitrogens is 1. The largest absolute Gasteiger partial charge is 0.496 e. The molecule has 0 aliphatic rings. The summed E-state index contributed by atoms with van der Waals surface area (Å²) in [5.74, 6) is 0.806. The molecule has 0 saturated carbocycles. The number of nitrogens with two attached hydrogens (primary N) is 1. The van der Waals surface area contributed by atoms with Gasteiger partial charge in [0.2, 0.25) is 0 Å². The van der Waals surface area contributed by atoms with Crippen LogP contribution in [0.4, 0.5) is 0 Å². The molecule has 0 aliphatic carbocycles. The van der Waals surface area contributed by atoms with E-state index in [1.165, 1.54) is 0 Å². The summed E-state index contributed by atoms with van der Waals surface area (Å²) in [5, 5.41) is 2.22. The first-order valence-corrected chi connectivity index (χ1v) is 6.52. The SMILES string of the molecule is COc1ccccc1C(N)c1cccc2ccncc12. The predicted molar refractivity (Wildman–Crippen MR) is 80.8 cm³/mol. The molecule has 20 heavy (non-hydrogen) atoms. The Morgan fingerprint density at radius 2 is 1.80 bits per heavy atom.